The van der Waals surface area contributed by atoms with Gasteiger partial charge in [0.1, 0.15) is 5.82 Å². The van der Waals surface area contributed by atoms with Crippen LogP contribution in [0, 0.1) is 6.92 Å². The van der Waals surface area contributed by atoms with Crippen LogP contribution in [0.4, 0.5) is 0 Å². The SMILES string of the molecule is Cc1nccn1CCN1CCOCC1CN. The van der Waals surface area contributed by atoms with Gasteiger partial charge in [-0.2, -0.15) is 0 Å². The van der Waals surface area contributed by atoms with Crippen LogP contribution in [-0.2, 0) is 11.3 Å². The lowest BCUT2D eigenvalue weighted by molar-refractivity contribution is -0.00523. The summed E-state index contributed by atoms with van der Waals surface area (Å²) in [4.78, 5) is 6.62. The third-order valence-corrected chi connectivity index (χ3v) is 3.17. The topological polar surface area (TPSA) is 56.3 Å². The van der Waals surface area contributed by atoms with E-state index in [0.717, 1.165) is 38.7 Å². The highest BCUT2D eigenvalue weighted by molar-refractivity contribution is 4.89. The van der Waals surface area contributed by atoms with Crippen molar-refractivity contribution in [1.82, 2.24) is 14.5 Å². The molecule has 16 heavy (non-hydrogen) atoms. The van der Waals surface area contributed by atoms with Gasteiger partial charge in [0.2, 0.25) is 0 Å². The number of rotatable bonds is 4. The van der Waals surface area contributed by atoms with E-state index < -0.39 is 0 Å². The molecule has 5 heteroatoms. The summed E-state index contributed by atoms with van der Waals surface area (Å²) in [5.74, 6) is 1.07. The van der Waals surface area contributed by atoms with Crippen LogP contribution in [0.25, 0.3) is 0 Å². The number of nitrogens with zero attached hydrogens (tertiary/aromatic N) is 3. The van der Waals surface area contributed by atoms with E-state index in [1.54, 1.807) is 0 Å². The maximum atomic E-state index is 5.73. The molecule has 2 rings (SSSR count). The maximum Gasteiger partial charge on any atom is 0.105 e. The zero-order valence-corrected chi connectivity index (χ0v) is 9.80. The zero-order valence-electron chi connectivity index (χ0n) is 9.80. The number of aryl methyl sites for hydroxylation is 1. The van der Waals surface area contributed by atoms with E-state index in [1.165, 1.54) is 0 Å². The zero-order chi connectivity index (χ0) is 11.4. The van der Waals surface area contributed by atoms with Crippen LogP contribution in [0.15, 0.2) is 12.4 Å². The van der Waals surface area contributed by atoms with Crippen LogP contribution in [0.3, 0.4) is 0 Å². The minimum absolute atomic E-state index is 0.373. The molecule has 1 aliphatic rings. The number of morpholine rings is 1. The van der Waals surface area contributed by atoms with Gasteiger partial charge in [-0.25, -0.2) is 4.98 Å². The highest BCUT2D eigenvalue weighted by Crippen LogP contribution is 2.06. The maximum absolute atomic E-state index is 5.73. The molecule has 0 radical (unpaired) electrons. The molecule has 1 aliphatic heterocycles. The number of hydrogen-bond donors (Lipinski definition) is 1. The first-order valence-corrected chi connectivity index (χ1v) is 5.81. The Hall–Kier alpha value is -0.910. The molecular weight excluding hydrogens is 204 g/mol. The number of aromatic nitrogens is 2. The van der Waals surface area contributed by atoms with Gasteiger partial charge in [-0.15, -0.1) is 0 Å². The molecule has 1 saturated heterocycles. The Morgan fingerprint density at radius 2 is 2.44 bits per heavy atom. The standard InChI is InChI=1S/C11H20N4O/c1-10-13-2-3-14(10)4-5-15-6-7-16-9-11(15)8-12/h2-3,11H,4-9,12H2,1H3. The van der Waals surface area contributed by atoms with Crippen molar-refractivity contribution in [2.75, 3.05) is 32.8 Å². The van der Waals surface area contributed by atoms with Gasteiger partial charge in [-0.05, 0) is 6.92 Å². The normalized spacial score (nSPS) is 22.5. The third kappa shape index (κ3) is 2.61. The molecule has 0 amide bonds. The van der Waals surface area contributed by atoms with E-state index in [9.17, 15) is 0 Å². The predicted octanol–water partition coefficient (Wildman–Crippen LogP) is -0.149. The van der Waals surface area contributed by atoms with Gasteiger partial charge in [0, 0.05) is 44.6 Å². The first-order valence-electron chi connectivity index (χ1n) is 5.81. The lowest BCUT2D eigenvalue weighted by atomic mass is 10.2. The summed E-state index contributed by atoms with van der Waals surface area (Å²) in [5.41, 5.74) is 5.73. The number of hydrogen-bond acceptors (Lipinski definition) is 4. The molecular formula is C11H20N4O. The van der Waals surface area contributed by atoms with E-state index >= 15 is 0 Å². The lowest BCUT2D eigenvalue weighted by Crippen LogP contribution is -2.50. The quantitative estimate of drug-likeness (QED) is 0.773. The molecule has 0 spiro atoms. The van der Waals surface area contributed by atoms with Crippen molar-refractivity contribution in [3.63, 3.8) is 0 Å². The first kappa shape index (κ1) is 11.6. The van der Waals surface area contributed by atoms with Gasteiger partial charge in [-0.1, -0.05) is 0 Å². The fourth-order valence-electron chi connectivity index (χ4n) is 2.08. The van der Waals surface area contributed by atoms with Crippen molar-refractivity contribution in [2.45, 2.75) is 19.5 Å². The molecule has 0 aromatic carbocycles. The van der Waals surface area contributed by atoms with Crippen LogP contribution in [-0.4, -0.2) is 53.3 Å². The molecule has 1 aromatic rings. The molecule has 2 N–H and O–H groups in total. The van der Waals surface area contributed by atoms with Gasteiger partial charge < -0.3 is 15.0 Å². The predicted molar refractivity (Wildman–Crippen MR) is 62.2 cm³/mol. The van der Waals surface area contributed by atoms with Crippen molar-refractivity contribution in [2.24, 2.45) is 5.73 Å². The largest absolute Gasteiger partial charge is 0.378 e. The Bertz CT molecular complexity index is 326. The van der Waals surface area contributed by atoms with Crippen LogP contribution in [0.1, 0.15) is 5.82 Å². The highest BCUT2D eigenvalue weighted by Gasteiger charge is 2.21. The van der Waals surface area contributed by atoms with Gasteiger partial charge in [0.25, 0.3) is 0 Å². The first-order chi connectivity index (χ1) is 7.81. The van der Waals surface area contributed by atoms with Gasteiger partial charge in [0.15, 0.2) is 0 Å². The molecule has 0 saturated carbocycles. The second kappa shape index (κ2) is 5.43. The van der Waals surface area contributed by atoms with E-state index in [-0.39, 0.29) is 0 Å². The molecule has 90 valence electrons. The fourth-order valence-corrected chi connectivity index (χ4v) is 2.08. The van der Waals surface area contributed by atoms with Crippen molar-refractivity contribution in [3.05, 3.63) is 18.2 Å². The fraction of sp³-hybridized carbons (Fsp3) is 0.727. The van der Waals surface area contributed by atoms with Crippen molar-refractivity contribution >= 4 is 0 Å². The van der Waals surface area contributed by atoms with Crippen molar-refractivity contribution < 1.29 is 4.74 Å². The molecule has 1 unspecified atom stereocenters. The van der Waals surface area contributed by atoms with Crippen LogP contribution < -0.4 is 5.73 Å². The Labute approximate surface area is 96.2 Å². The summed E-state index contributed by atoms with van der Waals surface area (Å²) in [6, 6.07) is 0.373. The number of nitrogens with two attached hydrogens (primary N) is 1. The highest BCUT2D eigenvalue weighted by atomic mass is 16.5. The summed E-state index contributed by atoms with van der Waals surface area (Å²) >= 11 is 0. The summed E-state index contributed by atoms with van der Waals surface area (Å²) in [5, 5.41) is 0. The molecule has 1 atom stereocenters. The molecule has 0 bridgehead atoms. The van der Waals surface area contributed by atoms with E-state index in [1.807, 2.05) is 19.3 Å². The summed E-state index contributed by atoms with van der Waals surface area (Å²) in [6.45, 7) is 7.25. The van der Waals surface area contributed by atoms with Gasteiger partial charge in [-0.3, -0.25) is 4.90 Å². The number of imidazole rings is 1. The van der Waals surface area contributed by atoms with Crippen molar-refractivity contribution in [3.8, 4) is 0 Å². The van der Waals surface area contributed by atoms with E-state index in [2.05, 4.69) is 14.5 Å². The second-order valence-corrected chi connectivity index (χ2v) is 4.17. The Morgan fingerprint density at radius 1 is 1.56 bits per heavy atom. The Balaban J connectivity index is 1.86. The summed E-state index contributed by atoms with van der Waals surface area (Å²) in [6.07, 6.45) is 3.86. The third-order valence-electron chi connectivity index (χ3n) is 3.17. The molecule has 0 aliphatic carbocycles. The average molecular weight is 224 g/mol. The van der Waals surface area contributed by atoms with E-state index in [0.29, 0.717) is 12.6 Å². The van der Waals surface area contributed by atoms with Crippen LogP contribution in [0.2, 0.25) is 0 Å². The second-order valence-electron chi connectivity index (χ2n) is 4.17. The average Bonchev–Trinajstić information content (AvgIpc) is 2.72. The smallest absolute Gasteiger partial charge is 0.105 e. The van der Waals surface area contributed by atoms with Gasteiger partial charge in [0.05, 0.1) is 13.2 Å². The molecule has 1 aromatic heterocycles. The minimum Gasteiger partial charge on any atom is -0.378 e. The molecule has 1 fully saturated rings. The monoisotopic (exact) mass is 224 g/mol. The molecule has 5 nitrogen and oxygen atoms in total. The summed E-state index contributed by atoms with van der Waals surface area (Å²) < 4.78 is 7.59. The van der Waals surface area contributed by atoms with Crippen molar-refractivity contribution in [1.29, 1.82) is 0 Å². The lowest BCUT2D eigenvalue weighted by Gasteiger charge is -2.34. The Kier molecular flexibility index (Phi) is 3.93. The molecule has 2 heterocycles. The van der Waals surface area contributed by atoms with E-state index in [4.69, 9.17) is 10.5 Å². The number of ether oxygens (including phenoxy) is 1. The van der Waals surface area contributed by atoms with Crippen LogP contribution in [0.5, 0.6) is 0 Å². The summed E-state index contributed by atoms with van der Waals surface area (Å²) in [7, 11) is 0. The van der Waals surface area contributed by atoms with Gasteiger partial charge >= 0.3 is 0 Å². The minimum atomic E-state index is 0.373. The Morgan fingerprint density at radius 3 is 3.12 bits per heavy atom. The van der Waals surface area contributed by atoms with Crippen LogP contribution >= 0.6 is 0 Å².